The summed E-state index contributed by atoms with van der Waals surface area (Å²) in [4.78, 5) is 26.3. The second-order valence-electron chi connectivity index (χ2n) is 8.10. The lowest BCUT2D eigenvalue weighted by molar-refractivity contribution is -0.123. The zero-order chi connectivity index (χ0) is 24.1. The van der Waals surface area contributed by atoms with Gasteiger partial charge < -0.3 is 15.0 Å². The molecule has 0 radical (unpaired) electrons. The van der Waals surface area contributed by atoms with Gasteiger partial charge in [-0.2, -0.15) is 0 Å². The highest BCUT2D eigenvalue weighted by Crippen LogP contribution is 2.26. The highest BCUT2D eigenvalue weighted by atomic mass is 35.5. The third-order valence-electron chi connectivity index (χ3n) is 4.33. The van der Waals surface area contributed by atoms with Gasteiger partial charge in [-0.05, 0) is 70.2 Å². The van der Waals surface area contributed by atoms with Gasteiger partial charge in [-0.3, -0.25) is 14.3 Å². The molecule has 8 nitrogen and oxygen atoms in total. The number of halogens is 1. The van der Waals surface area contributed by atoms with Gasteiger partial charge in [-0.15, -0.1) is 0 Å². The predicted molar refractivity (Wildman–Crippen MR) is 125 cm³/mol. The smallest absolute Gasteiger partial charge is 0.263 e. The number of likely N-dealkylation sites (N-methyl/N-ethyl adjacent to an activating group) is 1. The first-order valence-electron chi connectivity index (χ1n) is 9.93. The summed E-state index contributed by atoms with van der Waals surface area (Å²) < 4.78 is 33.3. The van der Waals surface area contributed by atoms with Crippen LogP contribution in [-0.2, 0) is 14.8 Å². The number of carbonyl (C=O) groups excluding carboxylic acids is 2. The number of nitrogens with zero attached hydrogens (tertiary/aromatic N) is 1. The van der Waals surface area contributed by atoms with Crippen LogP contribution < -0.4 is 14.8 Å². The summed E-state index contributed by atoms with van der Waals surface area (Å²) in [5, 5.41) is 2.77. The van der Waals surface area contributed by atoms with Crippen molar-refractivity contribution < 1.29 is 22.7 Å². The molecule has 0 saturated heterocycles. The van der Waals surface area contributed by atoms with E-state index >= 15 is 0 Å². The lowest BCUT2D eigenvalue weighted by Crippen LogP contribution is -2.47. The van der Waals surface area contributed by atoms with Crippen LogP contribution in [0.4, 0.5) is 5.69 Å². The van der Waals surface area contributed by atoms with Crippen LogP contribution in [0.15, 0.2) is 47.4 Å². The molecule has 2 amide bonds. The zero-order valence-electron chi connectivity index (χ0n) is 18.7. The number of hydrogen-bond donors (Lipinski definition) is 2. The average Bonchev–Trinajstić information content (AvgIpc) is 2.70. The maximum absolute atomic E-state index is 13.0. The molecular formula is C22H28ClN3O5S. The Balaban J connectivity index is 2.27. The molecule has 2 aromatic rings. The Labute approximate surface area is 193 Å². The predicted octanol–water partition coefficient (Wildman–Crippen LogP) is 3.53. The minimum atomic E-state index is -4.07. The highest BCUT2D eigenvalue weighted by Gasteiger charge is 2.24. The first-order chi connectivity index (χ1) is 14.9. The van der Waals surface area contributed by atoms with Gasteiger partial charge in [0.1, 0.15) is 10.6 Å². The van der Waals surface area contributed by atoms with Gasteiger partial charge in [0.2, 0.25) is 5.91 Å². The van der Waals surface area contributed by atoms with E-state index in [4.69, 9.17) is 16.3 Å². The Kier molecular flexibility index (Phi) is 8.14. The van der Waals surface area contributed by atoms with Gasteiger partial charge in [-0.25, -0.2) is 8.42 Å². The molecule has 2 rings (SSSR count). The molecular weight excluding hydrogens is 454 g/mol. The summed E-state index contributed by atoms with van der Waals surface area (Å²) in [6, 6.07) is 10.3. The summed E-state index contributed by atoms with van der Waals surface area (Å²) in [5.74, 6) is -0.210. The van der Waals surface area contributed by atoms with Gasteiger partial charge in [0.15, 0.2) is 0 Å². The number of ether oxygens (including phenoxy) is 1. The molecule has 0 atom stereocenters. The summed E-state index contributed by atoms with van der Waals surface area (Å²) in [6.45, 7) is 7.38. The molecule has 2 aromatic carbocycles. The van der Waals surface area contributed by atoms with E-state index in [1.807, 2.05) is 20.8 Å². The normalized spacial score (nSPS) is 11.6. The number of amides is 2. The van der Waals surface area contributed by atoms with Crippen molar-refractivity contribution in [2.45, 2.75) is 38.1 Å². The quantitative estimate of drug-likeness (QED) is 0.600. The van der Waals surface area contributed by atoms with E-state index in [0.717, 1.165) is 0 Å². The van der Waals surface area contributed by atoms with Gasteiger partial charge in [-0.1, -0.05) is 11.6 Å². The van der Waals surface area contributed by atoms with Gasteiger partial charge >= 0.3 is 0 Å². The third kappa shape index (κ3) is 6.86. The van der Waals surface area contributed by atoms with E-state index in [9.17, 15) is 18.0 Å². The van der Waals surface area contributed by atoms with Crippen molar-refractivity contribution in [1.29, 1.82) is 0 Å². The van der Waals surface area contributed by atoms with E-state index in [2.05, 4.69) is 10.0 Å². The number of carbonyl (C=O) groups is 2. The average molecular weight is 482 g/mol. The molecule has 10 heteroatoms. The highest BCUT2D eigenvalue weighted by molar-refractivity contribution is 7.92. The SMILES string of the molecule is CCN(CC(=O)NC(C)(C)C)C(=O)c1ccc(Cl)c(S(=O)(=O)Nc2ccc(OC)cc2)c1. The number of benzene rings is 2. The van der Waals surface area contributed by atoms with Crippen LogP contribution in [0.3, 0.4) is 0 Å². The third-order valence-corrected chi connectivity index (χ3v) is 6.19. The Morgan fingerprint density at radius 2 is 1.72 bits per heavy atom. The number of anilines is 1. The van der Waals surface area contributed by atoms with Crippen LogP contribution in [0.5, 0.6) is 5.75 Å². The van der Waals surface area contributed by atoms with Crippen molar-refractivity contribution in [2.24, 2.45) is 0 Å². The molecule has 0 heterocycles. The number of methoxy groups -OCH3 is 1. The van der Waals surface area contributed by atoms with Gasteiger partial charge in [0.05, 0.1) is 18.7 Å². The minimum absolute atomic E-state index is 0.0314. The molecule has 0 bridgehead atoms. The molecule has 0 saturated carbocycles. The standard InChI is InChI=1S/C22H28ClN3O5S/c1-6-26(14-20(27)24-22(2,3)4)21(28)15-7-12-18(23)19(13-15)32(29,30)25-16-8-10-17(31-5)11-9-16/h7-13,25H,6,14H2,1-5H3,(H,24,27). The Morgan fingerprint density at radius 3 is 2.25 bits per heavy atom. The molecule has 0 fully saturated rings. The van der Waals surface area contributed by atoms with Crippen LogP contribution in [0.2, 0.25) is 5.02 Å². The molecule has 2 N–H and O–H groups in total. The van der Waals surface area contributed by atoms with Crippen LogP contribution >= 0.6 is 11.6 Å². The lowest BCUT2D eigenvalue weighted by Gasteiger charge is -2.25. The molecule has 174 valence electrons. The maximum Gasteiger partial charge on any atom is 0.263 e. The van der Waals surface area contributed by atoms with Crippen molar-refractivity contribution in [2.75, 3.05) is 24.9 Å². The van der Waals surface area contributed by atoms with Gasteiger partial charge in [0, 0.05) is 23.3 Å². The summed E-state index contributed by atoms with van der Waals surface area (Å²) in [7, 11) is -2.56. The van der Waals surface area contributed by atoms with E-state index in [1.54, 1.807) is 31.2 Å². The minimum Gasteiger partial charge on any atom is -0.497 e. The second kappa shape index (κ2) is 10.2. The van der Waals surface area contributed by atoms with Crippen molar-refractivity contribution in [1.82, 2.24) is 10.2 Å². The van der Waals surface area contributed by atoms with Crippen molar-refractivity contribution in [3.05, 3.63) is 53.1 Å². The van der Waals surface area contributed by atoms with Crippen LogP contribution in [0.25, 0.3) is 0 Å². The van der Waals surface area contributed by atoms with Crippen LogP contribution in [0.1, 0.15) is 38.1 Å². The molecule has 0 aliphatic rings. The van der Waals surface area contributed by atoms with E-state index in [0.29, 0.717) is 11.4 Å². The molecule has 0 unspecified atom stereocenters. The first kappa shape index (κ1) is 25.5. The first-order valence-corrected chi connectivity index (χ1v) is 11.8. The number of rotatable bonds is 8. The summed E-state index contributed by atoms with van der Waals surface area (Å²) in [6.07, 6.45) is 0. The molecule has 0 aliphatic heterocycles. The molecule has 0 spiro atoms. The largest absolute Gasteiger partial charge is 0.497 e. The fourth-order valence-electron chi connectivity index (χ4n) is 2.85. The van der Waals surface area contributed by atoms with Crippen molar-refractivity contribution >= 4 is 39.1 Å². The maximum atomic E-state index is 13.0. The number of sulfonamides is 1. The molecule has 0 aromatic heterocycles. The Bertz CT molecular complexity index is 1080. The van der Waals surface area contributed by atoms with Crippen molar-refractivity contribution in [3.8, 4) is 5.75 Å². The zero-order valence-corrected chi connectivity index (χ0v) is 20.3. The Morgan fingerprint density at radius 1 is 1.09 bits per heavy atom. The van der Waals surface area contributed by atoms with Gasteiger partial charge in [0.25, 0.3) is 15.9 Å². The number of hydrogen-bond acceptors (Lipinski definition) is 5. The lowest BCUT2D eigenvalue weighted by atomic mass is 10.1. The fourth-order valence-corrected chi connectivity index (χ4v) is 4.44. The monoisotopic (exact) mass is 481 g/mol. The fraction of sp³-hybridized carbons (Fsp3) is 0.364. The Hall–Kier alpha value is -2.78. The molecule has 32 heavy (non-hydrogen) atoms. The molecule has 0 aliphatic carbocycles. The number of nitrogens with one attached hydrogen (secondary N) is 2. The van der Waals surface area contributed by atoms with Crippen molar-refractivity contribution in [3.63, 3.8) is 0 Å². The van der Waals surface area contributed by atoms with E-state index in [1.165, 1.54) is 30.2 Å². The van der Waals surface area contributed by atoms with E-state index < -0.39 is 21.5 Å². The summed E-state index contributed by atoms with van der Waals surface area (Å²) >= 11 is 6.14. The van der Waals surface area contributed by atoms with E-state index in [-0.39, 0.29) is 34.5 Å². The second-order valence-corrected chi connectivity index (χ2v) is 10.2. The summed E-state index contributed by atoms with van der Waals surface area (Å²) in [5.41, 5.74) is -0.0173. The van der Waals surface area contributed by atoms with Crippen LogP contribution in [-0.4, -0.2) is 50.9 Å². The van der Waals surface area contributed by atoms with Crippen LogP contribution in [0, 0.1) is 0 Å². The topological polar surface area (TPSA) is 105 Å².